The minimum absolute atomic E-state index is 0.676. The van der Waals surface area contributed by atoms with E-state index in [1.807, 2.05) is 13.8 Å². The largest absolute Gasteiger partial charge is 0.397 e. The van der Waals surface area contributed by atoms with E-state index >= 15 is 0 Å². The van der Waals surface area contributed by atoms with Gasteiger partial charge in [0.25, 0.3) is 0 Å². The highest BCUT2D eigenvalue weighted by molar-refractivity contribution is 5.70. The van der Waals surface area contributed by atoms with Crippen molar-refractivity contribution in [1.29, 1.82) is 0 Å². The third-order valence-corrected chi connectivity index (χ3v) is 1.40. The van der Waals surface area contributed by atoms with E-state index in [2.05, 4.69) is 9.98 Å². The van der Waals surface area contributed by atoms with Crippen LogP contribution in [0.2, 0.25) is 0 Å². The topological polar surface area (TPSA) is 51.3 Å². The number of anilines is 1. The lowest BCUT2D eigenvalue weighted by atomic mass is 10.3. The van der Waals surface area contributed by atoms with Gasteiger partial charge in [-0.2, -0.15) is 0 Å². The maximum absolute atomic E-state index is 5.65. The second-order valence-corrected chi connectivity index (χ2v) is 2.22. The molecule has 58 valence electrons. The normalized spacial score (nSPS) is 10.7. The monoisotopic (exact) mass is 149 g/mol. The van der Waals surface area contributed by atoms with Gasteiger partial charge in [0, 0.05) is 12.4 Å². The Bertz CT molecular complexity index is 258. The predicted octanol–water partition coefficient (Wildman–Crippen LogP) is 1.69. The zero-order valence-electron chi connectivity index (χ0n) is 6.70. The van der Waals surface area contributed by atoms with Crippen LogP contribution in [-0.4, -0.2) is 11.2 Å². The van der Waals surface area contributed by atoms with Crippen LogP contribution in [0, 0.1) is 6.92 Å². The predicted molar refractivity (Wildman–Crippen MR) is 47.2 cm³/mol. The van der Waals surface area contributed by atoms with E-state index in [4.69, 9.17) is 5.73 Å². The molecule has 11 heavy (non-hydrogen) atoms. The molecular formula is C8H11N3. The molecule has 0 saturated carbocycles. The number of aliphatic imine (C=N–C) groups is 1. The van der Waals surface area contributed by atoms with Crippen molar-refractivity contribution in [1.82, 2.24) is 4.98 Å². The highest BCUT2D eigenvalue weighted by Gasteiger charge is 1.99. The smallest absolute Gasteiger partial charge is 0.107 e. The molecule has 0 aliphatic heterocycles. The Hall–Kier alpha value is -1.38. The Morgan fingerprint density at radius 2 is 2.36 bits per heavy atom. The van der Waals surface area contributed by atoms with Crippen LogP contribution in [0.15, 0.2) is 17.3 Å². The SMILES string of the molecule is CC=Nc1c(N)ccnc1C. The Kier molecular flexibility index (Phi) is 2.21. The van der Waals surface area contributed by atoms with Crippen molar-refractivity contribution in [3.8, 4) is 0 Å². The average Bonchev–Trinajstić information content (AvgIpc) is 1.97. The van der Waals surface area contributed by atoms with Gasteiger partial charge in [-0.3, -0.25) is 9.98 Å². The number of hydrogen-bond donors (Lipinski definition) is 1. The number of nitrogens with two attached hydrogens (primary N) is 1. The lowest BCUT2D eigenvalue weighted by Gasteiger charge is -2.00. The number of rotatable bonds is 1. The van der Waals surface area contributed by atoms with E-state index in [1.165, 1.54) is 0 Å². The van der Waals surface area contributed by atoms with E-state index in [1.54, 1.807) is 18.5 Å². The molecule has 0 atom stereocenters. The second-order valence-electron chi connectivity index (χ2n) is 2.22. The van der Waals surface area contributed by atoms with Crippen molar-refractivity contribution in [2.45, 2.75) is 13.8 Å². The first-order valence-corrected chi connectivity index (χ1v) is 3.45. The van der Waals surface area contributed by atoms with Crippen molar-refractivity contribution >= 4 is 17.6 Å². The fourth-order valence-electron chi connectivity index (χ4n) is 0.875. The molecule has 0 spiro atoms. The van der Waals surface area contributed by atoms with E-state index in [-0.39, 0.29) is 0 Å². The van der Waals surface area contributed by atoms with E-state index < -0.39 is 0 Å². The van der Waals surface area contributed by atoms with Crippen LogP contribution in [0.25, 0.3) is 0 Å². The van der Waals surface area contributed by atoms with Gasteiger partial charge in [-0.05, 0) is 19.9 Å². The third kappa shape index (κ3) is 1.55. The summed E-state index contributed by atoms with van der Waals surface area (Å²) < 4.78 is 0. The quantitative estimate of drug-likeness (QED) is 0.618. The summed E-state index contributed by atoms with van der Waals surface area (Å²) in [5.41, 5.74) is 7.97. The van der Waals surface area contributed by atoms with Crippen molar-refractivity contribution in [2.24, 2.45) is 4.99 Å². The Morgan fingerprint density at radius 1 is 1.64 bits per heavy atom. The molecule has 0 aromatic carbocycles. The molecule has 0 aliphatic carbocycles. The molecule has 0 saturated heterocycles. The maximum Gasteiger partial charge on any atom is 0.107 e. The molecular weight excluding hydrogens is 138 g/mol. The first-order chi connectivity index (χ1) is 5.25. The van der Waals surface area contributed by atoms with Gasteiger partial charge in [-0.15, -0.1) is 0 Å². The van der Waals surface area contributed by atoms with Crippen molar-refractivity contribution in [2.75, 3.05) is 5.73 Å². The van der Waals surface area contributed by atoms with Gasteiger partial charge in [-0.25, -0.2) is 0 Å². The summed E-state index contributed by atoms with van der Waals surface area (Å²) in [6.07, 6.45) is 3.39. The first-order valence-electron chi connectivity index (χ1n) is 3.45. The van der Waals surface area contributed by atoms with Crippen LogP contribution in [0.1, 0.15) is 12.6 Å². The highest BCUT2D eigenvalue weighted by atomic mass is 14.8. The zero-order chi connectivity index (χ0) is 8.27. The van der Waals surface area contributed by atoms with Gasteiger partial charge in [0.15, 0.2) is 0 Å². The molecule has 0 aliphatic rings. The number of aromatic nitrogens is 1. The van der Waals surface area contributed by atoms with Crippen LogP contribution in [0.3, 0.4) is 0 Å². The summed E-state index contributed by atoms with van der Waals surface area (Å²) in [5.74, 6) is 0. The number of pyridine rings is 1. The summed E-state index contributed by atoms with van der Waals surface area (Å²) in [5, 5.41) is 0. The Labute approximate surface area is 66.0 Å². The van der Waals surface area contributed by atoms with E-state index in [9.17, 15) is 0 Å². The molecule has 1 aromatic rings. The molecule has 0 radical (unpaired) electrons. The van der Waals surface area contributed by atoms with Gasteiger partial charge < -0.3 is 5.73 Å². The third-order valence-electron chi connectivity index (χ3n) is 1.40. The van der Waals surface area contributed by atoms with Gasteiger partial charge >= 0.3 is 0 Å². The van der Waals surface area contributed by atoms with Crippen LogP contribution < -0.4 is 5.73 Å². The fraction of sp³-hybridized carbons (Fsp3) is 0.250. The van der Waals surface area contributed by atoms with Crippen molar-refractivity contribution in [3.63, 3.8) is 0 Å². The molecule has 3 heteroatoms. The average molecular weight is 149 g/mol. The summed E-state index contributed by atoms with van der Waals surface area (Å²) >= 11 is 0. The summed E-state index contributed by atoms with van der Waals surface area (Å²) in [6, 6.07) is 1.75. The molecule has 0 fully saturated rings. The summed E-state index contributed by atoms with van der Waals surface area (Å²) in [6.45, 7) is 3.74. The maximum atomic E-state index is 5.65. The first kappa shape index (κ1) is 7.72. The Morgan fingerprint density at radius 3 is 2.91 bits per heavy atom. The van der Waals surface area contributed by atoms with Crippen LogP contribution in [0.4, 0.5) is 11.4 Å². The molecule has 1 heterocycles. The zero-order valence-corrected chi connectivity index (χ0v) is 6.70. The van der Waals surface area contributed by atoms with Crippen LogP contribution >= 0.6 is 0 Å². The Balaban J connectivity index is 3.20. The highest BCUT2D eigenvalue weighted by Crippen LogP contribution is 2.23. The molecule has 0 bridgehead atoms. The lowest BCUT2D eigenvalue weighted by molar-refractivity contribution is 1.19. The minimum Gasteiger partial charge on any atom is -0.397 e. The van der Waals surface area contributed by atoms with Crippen LogP contribution in [0.5, 0.6) is 0 Å². The van der Waals surface area contributed by atoms with Gasteiger partial charge in [0.1, 0.15) is 5.69 Å². The van der Waals surface area contributed by atoms with Gasteiger partial charge in [0.2, 0.25) is 0 Å². The van der Waals surface area contributed by atoms with Gasteiger partial charge in [-0.1, -0.05) is 0 Å². The van der Waals surface area contributed by atoms with E-state index in [0.717, 1.165) is 11.4 Å². The molecule has 1 aromatic heterocycles. The van der Waals surface area contributed by atoms with Crippen molar-refractivity contribution in [3.05, 3.63) is 18.0 Å². The number of nitrogen functional groups attached to an aromatic ring is 1. The molecule has 2 N–H and O–H groups in total. The van der Waals surface area contributed by atoms with Crippen LogP contribution in [-0.2, 0) is 0 Å². The molecule has 0 amide bonds. The molecule has 1 rings (SSSR count). The number of hydrogen-bond acceptors (Lipinski definition) is 3. The fourth-order valence-corrected chi connectivity index (χ4v) is 0.875. The summed E-state index contributed by atoms with van der Waals surface area (Å²) in [4.78, 5) is 8.16. The lowest BCUT2D eigenvalue weighted by Crippen LogP contribution is -1.89. The van der Waals surface area contributed by atoms with E-state index in [0.29, 0.717) is 5.69 Å². The molecule has 3 nitrogen and oxygen atoms in total. The number of nitrogens with zero attached hydrogens (tertiary/aromatic N) is 2. The van der Waals surface area contributed by atoms with Gasteiger partial charge in [0.05, 0.1) is 11.4 Å². The summed E-state index contributed by atoms with van der Waals surface area (Å²) in [7, 11) is 0. The molecule has 0 unspecified atom stereocenters. The second kappa shape index (κ2) is 3.14. The van der Waals surface area contributed by atoms with Crippen molar-refractivity contribution < 1.29 is 0 Å². The minimum atomic E-state index is 0.676. The standard InChI is InChI=1S/C8H11N3/c1-3-10-8-6(2)11-5-4-7(8)9/h3-5H,1-2H3,(H2,9,11). The number of aryl methyl sites for hydroxylation is 1.